The van der Waals surface area contributed by atoms with E-state index >= 15 is 0 Å². The van der Waals surface area contributed by atoms with E-state index in [4.69, 9.17) is 4.74 Å². The highest BCUT2D eigenvalue weighted by atomic mass is 79.9. The molecule has 2 aromatic rings. The maximum Gasteiger partial charge on any atom is 0.271 e. The highest BCUT2D eigenvalue weighted by molar-refractivity contribution is 9.10. The Morgan fingerprint density at radius 1 is 1.33 bits per heavy atom. The number of ether oxygens (including phenoxy) is 1. The maximum absolute atomic E-state index is 11.7. The summed E-state index contributed by atoms with van der Waals surface area (Å²) in [5.41, 5.74) is 1.15. The normalized spacial score (nSPS) is 10.2. The van der Waals surface area contributed by atoms with E-state index < -0.39 is 0 Å². The molecule has 0 atom stereocenters. The number of nitrogens with zero attached hydrogens (tertiary/aromatic N) is 2. The molecule has 0 fully saturated rings. The minimum absolute atomic E-state index is 0.269. The number of hydrogen-bond acceptors (Lipinski definition) is 5. The minimum atomic E-state index is -0.270. The molecule has 7 heteroatoms. The Labute approximate surface area is 131 Å². The maximum atomic E-state index is 11.7. The third-order valence-electron chi connectivity index (χ3n) is 2.57. The van der Waals surface area contributed by atoms with Crippen LogP contribution in [-0.2, 0) is 4.74 Å². The first-order chi connectivity index (χ1) is 10.2. The number of hydrogen-bond donors (Lipinski definition) is 2. The SMILES string of the molecule is COCCNC(=O)c1cnc(Nc2cccc(Br)c2)cn1. The van der Waals surface area contributed by atoms with Crippen LogP contribution in [0.2, 0.25) is 0 Å². The average molecular weight is 351 g/mol. The highest BCUT2D eigenvalue weighted by Gasteiger charge is 2.07. The molecule has 1 aromatic heterocycles. The number of nitrogens with one attached hydrogen (secondary N) is 2. The quantitative estimate of drug-likeness (QED) is 0.782. The topological polar surface area (TPSA) is 76.1 Å². The first-order valence-electron chi connectivity index (χ1n) is 6.31. The predicted octanol–water partition coefficient (Wildman–Crippen LogP) is 2.36. The van der Waals surface area contributed by atoms with Gasteiger partial charge in [-0.3, -0.25) is 4.79 Å². The van der Waals surface area contributed by atoms with Gasteiger partial charge in [0.15, 0.2) is 0 Å². The fourth-order valence-corrected chi connectivity index (χ4v) is 1.98. The summed E-state index contributed by atoms with van der Waals surface area (Å²) in [5, 5.41) is 5.79. The molecule has 0 aliphatic heterocycles. The molecule has 0 saturated heterocycles. The van der Waals surface area contributed by atoms with Crippen LogP contribution in [0.15, 0.2) is 41.1 Å². The highest BCUT2D eigenvalue weighted by Crippen LogP contribution is 2.18. The molecule has 1 amide bonds. The number of anilines is 2. The van der Waals surface area contributed by atoms with Crippen LogP contribution < -0.4 is 10.6 Å². The van der Waals surface area contributed by atoms with E-state index in [1.165, 1.54) is 12.4 Å². The van der Waals surface area contributed by atoms with Crippen LogP contribution in [-0.4, -0.2) is 36.1 Å². The van der Waals surface area contributed by atoms with Crippen molar-refractivity contribution in [1.82, 2.24) is 15.3 Å². The van der Waals surface area contributed by atoms with Gasteiger partial charge in [-0.15, -0.1) is 0 Å². The third-order valence-corrected chi connectivity index (χ3v) is 3.07. The smallest absolute Gasteiger partial charge is 0.271 e. The number of methoxy groups -OCH3 is 1. The molecule has 0 spiro atoms. The Morgan fingerprint density at radius 3 is 2.86 bits per heavy atom. The first kappa shape index (κ1) is 15.4. The lowest BCUT2D eigenvalue weighted by atomic mass is 10.3. The molecule has 0 radical (unpaired) electrons. The van der Waals surface area contributed by atoms with E-state index in [0.29, 0.717) is 19.0 Å². The summed E-state index contributed by atoms with van der Waals surface area (Å²) in [5.74, 6) is 0.301. The number of halogens is 1. The molecule has 21 heavy (non-hydrogen) atoms. The molecule has 1 aromatic carbocycles. The largest absolute Gasteiger partial charge is 0.383 e. The molecule has 0 aliphatic rings. The Hall–Kier alpha value is -1.99. The van der Waals surface area contributed by atoms with Crippen LogP contribution in [0.3, 0.4) is 0 Å². The summed E-state index contributed by atoms with van der Waals surface area (Å²) < 4.78 is 5.83. The van der Waals surface area contributed by atoms with Crippen LogP contribution in [0.5, 0.6) is 0 Å². The zero-order chi connectivity index (χ0) is 15.1. The monoisotopic (exact) mass is 350 g/mol. The molecule has 0 aliphatic carbocycles. The third kappa shape index (κ3) is 4.80. The van der Waals surface area contributed by atoms with Crippen LogP contribution in [0.25, 0.3) is 0 Å². The number of rotatable bonds is 6. The van der Waals surface area contributed by atoms with Gasteiger partial charge < -0.3 is 15.4 Å². The summed E-state index contributed by atoms with van der Waals surface area (Å²) >= 11 is 3.40. The van der Waals surface area contributed by atoms with Crippen molar-refractivity contribution in [2.45, 2.75) is 0 Å². The Bertz CT molecular complexity index is 604. The molecule has 2 rings (SSSR count). The van der Waals surface area contributed by atoms with Gasteiger partial charge in [0.1, 0.15) is 11.5 Å². The second-order valence-corrected chi connectivity index (χ2v) is 5.09. The van der Waals surface area contributed by atoms with Gasteiger partial charge >= 0.3 is 0 Å². The van der Waals surface area contributed by atoms with Crippen molar-refractivity contribution in [2.24, 2.45) is 0 Å². The average Bonchev–Trinajstić information content (AvgIpc) is 2.48. The summed E-state index contributed by atoms with van der Waals surface area (Å²) in [4.78, 5) is 20.0. The molecular formula is C14H15BrN4O2. The van der Waals surface area contributed by atoms with Crippen molar-refractivity contribution in [3.63, 3.8) is 0 Å². The summed E-state index contributed by atoms with van der Waals surface area (Å²) in [6.07, 6.45) is 2.95. The molecule has 2 N–H and O–H groups in total. The van der Waals surface area contributed by atoms with E-state index in [1.54, 1.807) is 7.11 Å². The van der Waals surface area contributed by atoms with Gasteiger partial charge in [-0.2, -0.15) is 0 Å². The number of aromatic nitrogens is 2. The van der Waals surface area contributed by atoms with E-state index in [2.05, 4.69) is 36.5 Å². The van der Waals surface area contributed by atoms with Crippen LogP contribution in [0.1, 0.15) is 10.5 Å². The van der Waals surface area contributed by atoms with Crippen molar-refractivity contribution in [3.8, 4) is 0 Å². The number of amides is 1. The molecule has 110 valence electrons. The van der Waals surface area contributed by atoms with Gasteiger partial charge in [-0.05, 0) is 18.2 Å². The summed E-state index contributed by atoms with van der Waals surface area (Å²) in [7, 11) is 1.58. The predicted molar refractivity (Wildman–Crippen MR) is 83.7 cm³/mol. The zero-order valence-electron chi connectivity index (χ0n) is 11.5. The molecule has 1 heterocycles. The second-order valence-electron chi connectivity index (χ2n) is 4.17. The van der Waals surface area contributed by atoms with E-state index in [0.717, 1.165) is 10.2 Å². The molecule has 0 unspecified atom stereocenters. The van der Waals surface area contributed by atoms with E-state index in [9.17, 15) is 4.79 Å². The van der Waals surface area contributed by atoms with Crippen LogP contribution >= 0.6 is 15.9 Å². The van der Waals surface area contributed by atoms with Crippen LogP contribution in [0.4, 0.5) is 11.5 Å². The molecule has 6 nitrogen and oxygen atoms in total. The number of benzene rings is 1. The van der Waals surface area contributed by atoms with Crippen LogP contribution in [0, 0.1) is 0 Å². The van der Waals surface area contributed by atoms with E-state index in [1.807, 2.05) is 24.3 Å². The Balaban J connectivity index is 1.97. The Kier molecular flexibility index (Phi) is 5.65. The van der Waals surface area contributed by atoms with Crippen molar-refractivity contribution >= 4 is 33.3 Å². The first-order valence-corrected chi connectivity index (χ1v) is 7.10. The number of carbonyl (C=O) groups excluding carboxylic acids is 1. The van der Waals surface area contributed by atoms with Crippen molar-refractivity contribution in [2.75, 3.05) is 25.6 Å². The van der Waals surface area contributed by atoms with Crippen molar-refractivity contribution in [1.29, 1.82) is 0 Å². The van der Waals surface area contributed by atoms with Gasteiger partial charge in [0.2, 0.25) is 0 Å². The molecular weight excluding hydrogens is 336 g/mol. The number of carbonyl (C=O) groups is 1. The lowest BCUT2D eigenvalue weighted by Crippen LogP contribution is -2.27. The fourth-order valence-electron chi connectivity index (χ4n) is 1.58. The van der Waals surface area contributed by atoms with Gasteiger partial charge in [0.05, 0.1) is 19.0 Å². The standard InChI is InChI=1S/C14H15BrN4O2/c1-21-6-5-16-14(20)12-8-18-13(9-17-12)19-11-4-2-3-10(15)7-11/h2-4,7-9H,5-6H2,1H3,(H,16,20)(H,18,19). The van der Waals surface area contributed by atoms with Gasteiger partial charge in [-0.25, -0.2) is 9.97 Å². The summed E-state index contributed by atoms with van der Waals surface area (Å²) in [6.45, 7) is 0.900. The molecule has 0 bridgehead atoms. The lowest BCUT2D eigenvalue weighted by molar-refractivity contribution is 0.0932. The van der Waals surface area contributed by atoms with Gasteiger partial charge in [0.25, 0.3) is 5.91 Å². The summed E-state index contributed by atoms with van der Waals surface area (Å²) in [6, 6.07) is 7.69. The minimum Gasteiger partial charge on any atom is -0.383 e. The van der Waals surface area contributed by atoms with Crippen molar-refractivity contribution < 1.29 is 9.53 Å². The Morgan fingerprint density at radius 2 is 2.19 bits per heavy atom. The zero-order valence-corrected chi connectivity index (χ0v) is 13.1. The van der Waals surface area contributed by atoms with Gasteiger partial charge in [0, 0.05) is 23.8 Å². The van der Waals surface area contributed by atoms with Gasteiger partial charge in [-0.1, -0.05) is 22.0 Å². The van der Waals surface area contributed by atoms with Crippen molar-refractivity contribution in [3.05, 3.63) is 46.8 Å². The molecule has 0 saturated carbocycles. The lowest BCUT2D eigenvalue weighted by Gasteiger charge is -2.07. The second kappa shape index (κ2) is 7.70. The fraction of sp³-hybridized carbons (Fsp3) is 0.214. The van der Waals surface area contributed by atoms with E-state index in [-0.39, 0.29) is 11.6 Å².